The summed E-state index contributed by atoms with van der Waals surface area (Å²) in [5.41, 5.74) is 1.24. The number of thiophene rings is 1. The number of likely N-dealkylation sites (N-methyl/N-ethyl adjacent to an activating group) is 1. The third kappa shape index (κ3) is 2.92. The number of hydrogen-bond donors (Lipinski definition) is 1. The van der Waals surface area contributed by atoms with E-state index in [0.717, 1.165) is 12.2 Å². The Morgan fingerprint density at radius 1 is 1.22 bits per heavy atom. The summed E-state index contributed by atoms with van der Waals surface area (Å²) >= 11 is 1.85. The van der Waals surface area contributed by atoms with Gasteiger partial charge in [-0.05, 0) is 44.2 Å². The Balaban J connectivity index is 2.20. The SMILES string of the molecule is CNC(Cc1ccccc1OC)c1ccc(C)s1. The summed E-state index contributed by atoms with van der Waals surface area (Å²) < 4.78 is 5.41. The molecule has 96 valence electrons. The maximum Gasteiger partial charge on any atom is 0.122 e. The molecule has 0 aliphatic carbocycles. The first-order valence-electron chi connectivity index (χ1n) is 6.10. The largest absolute Gasteiger partial charge is 0.496 e. The van der Waals surface area contributed by atoms with Gasteiger partial charge in [0.1, 0.15) is 5.75 Å². The number of ether oxygens (including phenoxy) is 1. The molecule has 0 radical (unpaired) electrons. The Morgan fingerprint density at radius 2 is 2.00 bits per heavy atom. The van der Waals surface area contributed by atoms with E-state index in [1.807, 2.05) is 30.5 Å². The molecule has 2 aromatic rings. The van der Waals surface area contributed by atoms with Gasteiger partial charge in [0, 0.05) is 15.8 Å². The third-order valence-electron chi connectivity index (χ3n) is 3.07. The highest BCUT2D eigenvalue weighted by Gasteiger charge is 2.14. The van der Waals surface area contributed by atoms with E-state index in [1.54, 1.807) is 7.11 Å². The van der Waals surface area contributed by atoms with Crippen molar-refractivity contribution in [1.82, 2.24) is 5.32 Å². The van der Waals surface area contributed by atoms with Crippen LogP contribution in [0.4, 0.5) is 0 Å². The van der Waals surface area contributed by atoms with Crippen LogP contribution in [-0.2, 0) is 6.42 Å². The standard InChI is InChI=1S/C15H19NOS/c1-11-8-9-15(18-11)13(16-2)10-12-6-4-5-7-14(12)17-3/h4-9,13,16H,10H2,1-3H3. The molecule has 0 spiro atoms. The van der Waals surface area contributed by atoms with Gasteiger partial charge in [-0.1, -0.05) is 18.2 Å². The predicted octanol–water partition coefficient (Wildman–Crippen LogP) is 3.57. The molecule has 3 heteroatoms. The smallest absolute Gasteiger partial charge is 0.122 e. The number of aryl methyl sites for hydroxylation is 1. The lowest BCUT2D eigenvalue weighted by Gasteiger charge is -2.16. The van der Waals surface area contributed by atoms with E-state index in [2.05, 4.69) is 36.5 Å². The van der Waals surface area contributed by atoms with Gasteiger partial charge in [0.05, 0.1) is 7.11 Å². The van der Waals surface area contributed by atoms with Gasteiger partial charge >= 0.3 is 0 Å². The highest BCUT2D eigenvalue weighted by Crippen LogP contribution is 2.28. The minimum Gasteiger partial charge on any atom is -0.496 e. The van der Waals surface area contributed by atoms with Crippen LogP contribution in [0, 0.1) is 6.92 Å². The van der Waals surface area contributed by atoms with Gasteiger partial charge in [-0.25, -0.2) is 0 Å². The van der Waals surface area contributed by atoms with Crippen molar-refractivity contribution in [3.8, 4) is 5.75 Å². The minimum atomic E-state index is 0.347. The second-order valence-corrected chi connectivity index (χ2v) is 5.63. The highest BCUT2D eigenvalue weighted by atomic mass is 32.1. The molecule has 0 aliphatic heterocycles. The van der Waals surface area contributed by atoms with Crippen LogP contribution < -0.4 is 10.1 Å². The van der Waals surface area contributed by atoms with Gasteiger partial charge in [-0.3, -0.25) is 0 Å². The predicted molar refractivity (Wildman–Crippen MR) is 77.6 cm³/mol. The van der Waals surface area contributed by atoms with Crippen LogP contribution in [0.3, 0.4) is 0 Å². The summed E-state index contributed by atoms with van der Waals surface area (Å²) in [6.07, 6.45) is 0.945. The number of rotatable bonds is 5. The van der Waals surface area contributed by atoms with Crippen molar-refractivity contribution in [2.24, 2.45) is 0 Å². The van der Waals surface area contributed by atoms with Crippen LogP contribution in [0.15, 0.2) is 36.4 Å². The first kappa shape index (κ1) is 13.1. The van der Waals surface area contributed by atoms with Gasteiger partial charge in [-0.2, -0.15) is 0 Å². The summed E-state index contributed by atoms with van der Waals surface area (Å²) in [5.74, 6) is 0.964. The average Bonchev–Trinajstić information content (AvgIpc) is 2.83. The maximum atomic E-state index is 5.41. The van der Waals surface area contributed by atoms with Crippen molar-refractivity contribution in [2.75, 3.05) is 14.2 Å². The Hall–Kier alpha value is -1.32. The minimum absolute atomic E-state index is 0.347. The lowest BCUT2D eigenvalue weighted by Crippen LogP contribution is -2.18. The zero-order valence-corrected chi connectivity index (χ0v) is 11.9. The molecule has 1 unspecified atom stereocenters. The Kier molecular flexibility index (Phi) is 4.39. The van der Waals surface area contributed by atoms with Crippen LogP contribution in [0.2, 0.25) is 0 Å². The summed E-state index contributed by atoms with van der Waals surface area (Å²) in [4.78, 5) is 2.73. The molecule has 18 heavy (non-hydrogen) atoms. The zero-order valence-electron chi connectivity index (χ0n) is 11.1. The molecule has 1 N–H and O–H groups in total. The number of para-hydroxylation sites is 1. The molecule has 0 saturated carbocycles. The normalized spacial score (nSPS) is 12.4. The molecule has 1 aromatic carbocycles. The van der Waals surface area contributed by atoms with Crippen molar-refractivity contribution in [3.05, 3.63) is 51.7 Å². The summed E-state index contributed by atoms with van der Waals surface area (Å²) in [7, 11) is 3.73. The van der Waals surface area contributed by atoms with Crippen molar-refractivity contribution < 1.29 is 4.74 Å². The summed E-state index contributed by atoms with van der Waals surface area (Å²) in [5, 5.41) is 3.39. The van der Waals surface area contributed by atoms with Gasteiger partial charge in [-0.15, -0.1) is 11.3 Å². The molecule has 0 fully saturated rings. The molecule has 0 amide bonds. The van der Waals surface area contributed by atoms with E-state index in [4.69, 9.17) is 4.74 Å². The molecular formula is C15H19NOS. The zero-order chi connectivity index (χ0) is 13.0. The lowest BCUT2D eigenvalue weighted by molar-refractivity contribution is 0.406. The van der Waals surface area contributed by atoms with E-state index >= 15 is 0 Å². The molecule has 0 bridgehead atoms. The number of benzene rings is 1. The Morgan fingerprint density at radius 3 is 2.61 bits per heavy atom. The number of hydrogen-bond acceptors (Lipinski definition) is 3. The number of nitrogens with one attached hydrogen (secondary N) is 1. The van der Waals surface area contributed by atoms with E-state index in [1.165, 1.54) is 15.3 Å². The first-order valence-corrected chi connectivity index (χ1v) is 6.91. The monoisotopic (exact) mass is 261 g/mol. The first-order chi connectivity index (χ1) is 8.74. The van der Waals surface area contributed by atoms with Crippen LogP contribution in [0.5, 0.6) is 5.75 Å². The fourth-order valence-electron chi connectivity index (χ4n) is 2.08. The van der Waals surface area contributed by atoms with Crippen LogP contribution in [0.25, 0.3) is 0 Å². The summed E-state index contributed by atoms with van der Waals surface area (Å²) in [6.45, 7) is 2.14. The molecule has 0 saturated heterocycles. The van der Waals surface area contributed by atoms with Crippen LogP contribution in [-0.4, -0.2) is 14.2 Å². The van der Waals surface area contributed by atoms with Crippen LogP contribution in [0.1, 0.15) is 21.4 Å². The van der Waals surface area contributed by atoms with Crippen molar-refractivity contribution in [3.63, 3.8) is 0 Å². The van der Waals surface area contributed by atoms with E-state index in [-0.39, 0.29) is 0 Å². The molecule has 2 rings (SSSR count). The third-order valence-corrected chi connectivity index (χ3v) is 4.18. The Labute approximate surface area is 113 Å². The molecule has 2 nitrogen and oxygen atoms in total. The molecule has 1 aromatic heterocycles. The van der Waals surface area contributed by atoms with Gasteiger partial charge < -0.3 is 10.1 Å². The van der Waals surface area contributed by atoms with Crippen molar-refractivity contribution in [1.29, 1.82) is 0 Å². The van der Waals surface area contributed by atoms with E-state index in [9.17, 15) is 0 Å². The second kappa shape index (κ2) is 6.03. The van der Waals surface area contributed by atoms with Crippen molar-refractivity contribution in [2.45, 2.75) is 19.4 Å². The number of methoxy groups -OCH3 is 1. The fourth-order valence-corrected chi connectivity index (χ4v) is 3.06. The molecule has 0 aliphatic rings. The average molecular weight is 261 g/mol. The van der Waals surface area contributed by atoms with E-state index in [0.29, 0.717) is 6.04 Å². The quantitative estimate of drug-likeness (QED) is 0.888. The second-order valence-electron chi connectivity index (χ2n) is 4.31. The highest BCUT2D eigenvalue weighted by molar-refractivity contribution is 7.12. The summed E-state index contributed by atoms with van der Waals surface area (Å²) in [6, 6.07) is 12.9. The van der Waals surface area contributed by atoms with Crippen LogP contribution >= 0.6 is 11.3 Å². The van der Waals surface area contributed by atoms with Gasteiger partial charge in [0.15, 0.2) is 0 Å². The van der Waals surface area contributed by atoms with Gasteiger partial charge in [0.2, 0.25) is 0 Å². The Bertz CT molecular complexity index is 507. The maximum absolute atomic E-state index is 5.41. The van der Waals surface area contributed by atoms with Gasteiger partial charge in [0.25, 0.3) is 0 Å². The van der Waals surface area contributed by atoms with Crippen molar-refractivity contribution >= 4 is 11.3 Å². The molecule has 1 atom stereocenters. The lowest BCUT2D eigenvalue weighted by atomic mass is 10.0. The molecular weight excluding hydrogens is 242 g/mol. The van der Waals surface area contributed by atoms with E-state index < -0.39 is 0 Å². The topological polar surface area (TPSA) is 21.3 Å². The molecule has 1 heterocycles. The fraction of sp³-hybridized carbons (Fsp3) is 0.333.